The summed E-state index contributed by atoms with van der Waals surface area (Å²) in [6.07, 6.45) is 1.12. The third-order valence-electron chi connectivity index (χ3n) is 2.51. The van der Waals surface area contributed by atoms with Crippen molar-refractivity contribution < 1.29 is 14.6 Å². The van der Waals surface area contributed by atoms with E-state index in [0.29, 0.717) is 5.75 Å². The van der Waals surface area contributed by atoms with Crippen LogP contribution in [-0.4, -0.2) is 11.1 Å². The van der Waals surface area contributed by atoms with Gasteiger partial charge in [0.25, 0.3) is 0 Å². The molecule has 1 N–H and O–H groups in total. The molecule has 0 aromatic heterocycles. The van der Waals surface area contributed by atoms with E-state index in [1.807, 2.05) is 13.0 Å². The van der Waals surface area contributed by atoms with Gasteiger partial charge >= 0.3 is 5.97 Å². The number of aryl methyl sites for hydroxylation is 1. The van der Waals surface area contributed by atoms with Gasteiger partial charge in [0.2, 0.25) is 0 Å². The van der Waals surface area contributed by atoms with Crippen molar-refractivity contribution in [1.82, 2.24) is 0 Å². The maximum absolute atomic E-state index is 11.1. The molecule has 0 saturated carbocycles. The number of fused-ring (bicyclic) bond motifs is 1. The summed E-state index contributed by atoms with van der Waals surface area (Å²) in [5.41, 5.74) is 0.782. The second-order valence-electron chi connectivity index (χ2n) is 3.77. The highest BCUT2D eigenvalue weighted by Crippen LogP contribution is 2.27. The van der Waals surface area contributed by atoms with E-state index in [1.165, 1.54) is 0 Å². The monoisotopic (exact) mass is 228 g/mol. The lowest BCUT2D eigenvalue weighted by molar-refractivity contribution is -0.128. The number of carbonyl (C=O) groups is 1. The smallest absolute Gasteiger partial charge is 0.335 e. The second kappa shape index (κ2) is 4.29. The minimum absolute atomic E-state index is 0.258. The summed E-state index contributed by atoms with van der Waals surface area (Å²) in [7, 11) is 0. The van der Waals surface area contributed by atoms with Crippen LogP contribution in [0.25, 0.3) is 10.8 Å². The summed E-state index contributed by atoms with van der Waals surface area (Å²) in [6.45, 7) is 5.15. The van der Waals surface area contributed by atoms with Crippen molar-refractivity contribution in [2.24, 2.45) is 0 Å². The molecule has 2 rings (SSSR count). The summed E-state index contributed by atoms with van der Waals surface area (Å²) in [6, 6.07) is 8.75. The summed E-state index contributed by atoms with van der Waals surface area (Å²) in [5.74, 6) is 0.237. The molecule has 0 heterocycles. The van der Waals surface area contributed by atoms with Crippen LogP contribution >= 0.6 is 0 Å². The minimum atomic E-state index is -0.486. The van der Waals surface area contributed by atoms with Crippen molar-refractivity contribution >= 4 is 16.7 Å². The van der Waals surface area contributed by atoms with Crippen molar-refractivity contribution in [3.05, 3.63) is 48.6 Å². The number of aromatic hydroxyl groups is 1. The number of hydrogen-bond acceptors (Lipinski definition) is 3. The molecule has 0 radical (unpaired) electrons. The third kappa shape index (κ3) is 2.28. The highest BCUT2D eigenvalue weighted by atomic mass is 16.5. The Labute approximate surface area is 99.0 Å². The van der Waals surface area contributed by atoms with Gasteiger partial charge < -0.3 is 9.84 Å². The van der Waals surface area contributed by atoms with E-state index < -0.39 is 5.97 Å². The molecule has 0 fully saturated rings. The van der Waals surface area contributed by atoms with Gasteiger partial charge in [-0.3, -0.25) is 0 Å². The van der Waals surface area contributed by atoms with Gasteiger partial charge in [-0.15, -0.1) is 0 Å². The Morgan fingerprint density at radius 3 is 2.76 bits per heavy atom. The summed E-state index contributed by atoms with van der Waals surface area (Å²) in [5, 5.41) is 11.4. The van der Waals surface area contributed by atoms with Crippen LogP contribution in [0.3, 0.4) is 0 Å². The SMILES string of the molecule is C=CC(=O)Oc1ccc2cc(O)c(C)cc2c1. The van der Waals surface area contributed by atoms with Gasteiger partial charge in [0.15, 0.2) is 0 Å². The Kier molecular flexibility index (Phi) is 2.83. The topological polar surface area (TPSA) is 46.5 Å². The van der Waals surface area contributed by atoms with Gasteiger partial charge in [0.1, 0.15) is 11.5 Å². The average Bonchev–Trinajstić information content (AvgIpc) is 2.31. The largest absolute Gasteiger partial charge is 0.508 e. The number of phenols is 1. The van der Waals surface area contributed by atoms with Crippen molar-refractivity contribution in [3.8, 4) is 11.5 Å². The van der Waals surface area contributed by atoms with Crippen LogP contribution in [0.15, 0.2) is 43.0 Å². The first-order chi connectivity index (χ1) is 8.10. The highest BCUT2D eigenvalue weighted by Gasteiger charge is 2.04. The van der Waals surface area contributed by atoms with Crippen LogP contribution in [0.4, 0.5) is 0 Å². The fourth-order valence-electron chi connectivity index (χ4n) is 1.60. The summed E-state index contributed by atoms with van der Waals surface area (Å²) < 4.78 is 5.02. The summed E-state index contributed by atoms with van der Waals surface area (Å²) >= 11 is 0. The zero-order valence-electron chi connectivity index (χ0n) is 9.43. The first kappa shape index (κ1) is 11.2. The zero-order valence-corrected chi connectivity index (χ0v) is 9.43. The first-order valence-corrected chi connectivity index (χ1v) is 5.18. The maximum Gasteiger partial charge on any atom is 0.335 e. The van der Waals surface area contributed by atoms with Crippen molar-refractivity contribution in [3.63, 3.8) is 0 Å². The molecular weight excluding hydrogens is 216 g/mol. The number of rotatable bonds is 2. The van der Waals surface area contributed by atoms with Gasteiger partial charge in [0, 0.05) is 6.08 Å². The molecule has 2 aromatic carbocycles. The number of carbonyl (C=O) groups excluding carboxylic acids is 1. The Morgan fingerprint density at radius 2 is 2.06 bits per heavy atom. The molecule has 0 saturated heterocycles. The van der Waals surface area contributed by atoms with Crippen molar-refractivity contribution in [2.75, 3.05) is 0 Å². The number of hydrogen-bond donors (Lipinski definition) is 1. The van der Waals surface area contributed by atoms with Crippen LogP contribution in [0.2, 0.25) is 0 Å². The molecule has 0 aliphatic carbocycles. The van der Waals surface area contributed by atoms with Gasteiger partial charge in [-0.2, -0.15) is 0 Å². The quantitative estimate of drug-likeness (QED) is 0.488. The number of esters is 1. The molecule has 0 unspecified atom stereocenters. The highest BCUT2D eigenvalue weighted by molar-refractivity contribution is 5.88. The van der Waals surface area contributed by atoms with Gasteiger partial charge in [-0.25, -0.2) is 4.79 Å². The van der Waals surface area contributed by atoms with E-state index in [1.54, 1.807) is 24.3 Å². The lowest BCUT2D eigenvalue weighted by atomic mass is 10.1. The molecule has 17 heavy (non-hydrogen) atoms. The Hall–Kier alpha value is -2.29. The van der Waals surface area contributed by atoms with Crippen LogP contribution in [0, 0.1) is 6.92 Å². The van der Waals surface area contributed by atoms with Crippen LogP contribution in [0.5, 0.6) is 11.5 Å². The molecule has 0 amide bonds. The molecule has 3 heteroatoms. The fourth-order valence-corrected chi connectivity index (χ4v) is 1.60. The molecule has 3 nitrogen and oxygen atoms in total. The van der Waals surface area contributed by atoms with Gasteiger partial charge in [-0.1, -0.05) is 12.6 Å². The molecule has 86 valence electrons. The van der Waals surface area contributed by atoms with Gasteiger partial charge in [0.05, 0.1) is 0 Å². The van der Waals surface area contributed by atoms with E-state index in [4.69, 9.17) is 4.74 Å². The van der Waals surface area contributed by atoms with E-state index in [-0.39, 0.29) is 5.75 Å². The molecule has 0 bridgehead atoms. The third-order valence-corrected chi connectivity index (χ3v) is 2.51. The summed E-state index contributed by atoms with van der Waals surface area (Å²) in [4.78, 5) is 11.1. The number of ether oxygens (including phenoxy) is 1. The average molecular weight is 228 g/mol. The van der Waals surface area contributed by atoms with Crippen LogP contribution in [0.1, 0.15) is 5.56 Å². The molecular formula is C14H12O3. The molecule has 0 aliphatic rings. The maximum atomic E-state index is 11.1. The normalized spacial score (nSPS) is 10.2. The zero-order chi connectivity index (χ0) is 12.4. The van der Waals surface area contributed by atoms with Crippen LogP contribution < -0.4 is 4.74 Å². The predicted octanol–water partition coefficient (Wildman–Crippen LogP) is 2.95. The Morgan fingerprint density at radius 1 is 1.29 bits per heavy atom. The van der Waals surface area contributed by atoms with E-state index in [9.17, 15) is 9.90 Å². The number of benzene rings is 2. The lowest BCUT2D eigenvalue weighted by Gasteiger charge is -2.05. The Balaban J connectivity index is 2.46. The van der Waals surface area contributed by atoms with Crippen LogP contribution in [-0.2, 0) is 4.79 Å². The molecule has 2 aromatic rings. The Bertz CT molecular complexity index is 600. The van der Waals surface area contributed by atoms with Crippen molar-refractivity contribution in [2.45, 2.75) is 6.92 Å². The lowest BCUT2D eigenvalue weighted by Crippen LogP contribution is -2.02. The molecule has 0 aliphatic heterocycles. The van der Waals surface area contributed by atoms with E-state index in [2.05, 4.69) is 6.58 Å². The second-order valence-corrected chi connectivity index (χ2v) is 3.77. The molecule has 0 atom stereocenters. The van der Waals surface area contributed by atoms with E-state index in [0.717, 1.165) is 22.4 Å². The van der Waals surface area contributed by atoms with Crippen molar-refractivity contribution in [1.29, 1.82) is 0 Å². The number of phenolic OH excluding ortho intramolecular Hbond substituents is 1. The first-order valence-electron chi connectivity index (χ1n) is 5.18. The fraction of sp³-hybridized carbons (Fsp3) is 0.0714. The van der Waals surface area contributed by atoms with E-state index >= 15 is 0 Å². The minimum Gasteiger partial charge on any atom is -0.508 e. The predicted molar refractivity (Wildman–Crippen MR) is 66.2 cm³/mol. The molecule has 0 spiro atoms. The van der Waals surface area contributed by atoms with Gasteiger partial charge in [-0.05, 0) is 47.5 Å². The standard InChI is InChI=1S/C14H12O3/c1-3-14(16)17-12-5-4-10-8-13(15)9(2)6-11(10)7-12/h3-8,15H,1H2,2H3.